The van der Waals surface area contributed by atoms with Crippen molar-refractivity contribution in [2.24, 2.45) is 5.92 Å². The second kappa shape index (κ2) is 11.3. The lowest BCUT2D eigenvalue weighted by Crippen LogP contribution is -2.48. The molecule has 3 amide bonds. The summed E-state index contributed by atoms with van der Waals surface area (Å²) in [7, 11) is 3.27. The van der Waals surface area contributed by atoms with E-state index in [1.54, 1.807) is 42.2 Å². The van der Waals surface area contributed by atoms with Gasteiger partial charge in [-0.05, 0) is 31.2 Å². The molecule has 0 fully saturated rings. The number of nitrogens with one attached hydrogen (secondary N) is 1. The third-order valence-corrected chi connectivity index (χ3v) is 6.23. The molecule has 3 rings (SSSR count). The monoisotopic (exact) mass is 485 g/mol. The van der Waals surface area contributed by atoms with Gasteiger partial charge in [0.05, 0.1) is 23.3 Å². The molecule has 2 aromatic rings. The summed E-state index contributed by atoms with van der Waals surface area (Å²) in [6.07, 6.45) is -0.277. The van der Waals surface area contributed by atoms with E-state index in [2.05, 4.69) is 5.32 Å². The highest BCUT2D eigenvalue weighted by Gasteiger charge is 2.29. The molecule has 1 aliphatic rings. The number of amides is 3. The predicted molar refractivity (Wildman–Crippen MR) is 130 cm³/mol. The Balaban J connectivity index is 1.95. The van der Waals surface area contributed by atoms with Crippen molar-refractivity contribution in [3.05, 3.63) is 59.4 Å². The summed E-state index contributed by atoms with van der Waals surface area (Å²) in [5.41, 5.74) is 0.558. The van der Waals surface area contributed by atoms with E-state index in [0.29, 0.717) is 24.3 Å². The fraction of sp³-hybridized carbons (Fsp3) is 0.423. The normalized spacial score (nSPS) is 21.3. The molecule has 0 unspecified atom stereocenters. The van der Waals surface area contributed by atoms with Crippen LogP contribution in [-0.2, 0) is 9.53 Å². The molecule has 1 aliphatic heterocycles. The quantitative estimate of drug-likeness (QED) is 0.720. The van der Waals surface area contributed by atoms with Gasteiger partial charge in [-0.2, -0.15) is 0 Å². The Bertz CT molecular complexity index is 1090. The van der Waals surface area contributed by atoms with Crippen LogP contribution in [0.25, 0.3) is 0 Å². The molecule has 0 aromatic heterocycles. The number of hydrogen-bond donors (Lipinski definition) is 1. The number of anilines is 1. The molecule has 1 N–H and O–H groups in total. The van der Waals surface area contributed by atoms with Crippen molar-refractivity contribution in [3.63, 3.8) is 0 Å². The highest BCUT2D eigenvalue weighted by molar-refractivity contribution is 6.05. The van der Waals surface area contributed by atoms with Crippen molar-refractivity contribution in [1.29, 1.82) is 0 Å². The number of fused-ring (bicyclic) bond motifs is 1. The lowest BCUT2D eigenvalue weighted by molar-refractivity contribution is -0.133. The van der Waals surface area contributed by atoms with Crippen LogP contribution in [0.5, 0.6) is 5.75 Å². The van der Waals surface area contributed by atoms with Crippen molar-refractivity contribution in [2.45, 2.75) is 32.9 Å². The summed E-state index contributed by atoms with van der Waals surface area (Å²) in [5, 5.41) is 2.65. The number of nitrogens with zero attached hydrogens (tertiary/aromatic N) is 2. The Hall–Kier alpha value is -3.46. The standard InChI is InChI=1S/C26H32FN3O5/c1-16-13-30(18(3)31)17(2)15-35-23-12-19(28-25(32)20-8-6-7-9-22(20)27)10-11-21(23)26(33)29(4)14-24(16)34-5/h6-12,16-17,24H,13-15H2,1-5H3,(H,28,32)/t16-,17-,24+/m0/s1. The van der Waals surface area contributed by atoms with Gasteiger partial charge < -0.3 is 24.6 Å². The topological polar surface area (TPSA) is 88.2 Å². The number of halogens is 1. The smallest absolute Gasteiger partial charge is 0.258 e. The van der Waals surface area contributed by atoms with Gasteiger partial charge in [0.25, 0.3) is 11.8 Å². The van der Waals surface area contributed by atoms with E-state index >= 15 is 0 Å². The van der Waals surface area contributed by atoms with Crippen LogP contribution in [0.3, 0.4) is 0 Å². The molecule has 0 saturated heterocycles. The molecule has 188 valence electrons. The minimum absolute atomic E-state index is 0.0172. The Kier molecular flexibility index (Phi) is 8.45. The maximum Gasteiger partial charge on any atom is 0.258 e. The van der Waals surface area contributed by atoms with Crippen LogP contribution < -0.4 is 10.1 Å². The van der Waals surface area contributed by atoms with Crippen molar-refractivity contribution >= 4 is 23.4 Å². The fourth-order valence-electron chi connectivity index (χ4n) is 4.13. The molecule has 2 aromatic carbocycles. The van der Waals surface area contributed by atoms with E-state index in [4.69, 9.17) is 9.47 Å². The maximum absolute atomic E-state index is 14.0. The summed E-state index contributed by atoms with van der Waals surface area (Å²) < 4.78 is 25.7. The molecule has 1 heterocycles. The lowest BCUT2D eigenvalue weighted by Gasteiger charge is -2.35. The second-order valence-electron chi connectivity index (χ2n) is 8.91. The summed E-state index contributed by atoms with van der Waals surface area (Å²) in [4.78, 5) is 41.5. The zero-order valence-corrected chi connectivity index (χ0v) is 20.7. The van der Waals surface area contributed by atoms with Gasteiger partial charge in [0.2, 0.25) is 5.91 Å². The van der Waals surface area contributed by atoms with Crippen molar-refractivity contribution < 1.29 is 28.2 Å². The molecule has 8 nitrogen and oxygen atoms in total. The SMILES string of the molecule is CO[C@@H]1CN(C)C(=O)c2ccc(NC(=O)c3ccccc3F)cc2OC[C@H](C)N(C(C)=O)C[C@@H]1C. The number of benzene rings is 2. The number of hydrogen-bond acceptors (Lipinski definition) is 5. The van der Waals surface area contributed by atoms with E-state index in [0.717, 1.165) is 0 Å². The average Bonchev–Trinajstić information content (AvgIpc) is 2.83. The molecule has 0 bridgehead atoms. The third kappa shape index (κ3) is 6.16. The van der Waals surface area contributed by atoms with Gasteiger partial charge in [-0.3, -0.25) is 14.4 Å². The Labute approximate surface area is 205 Å². The van der Waals surface area contributed by atoms with Gasteiger partial charge in [-0.15, -0.1) is 0 Å². The number of likely N-dealkylation sites (N-methyl/N-ethyl adjacent to an activating group) is 1. The van der Waals surface area contributed by atoms with Crippen LogP contribution in [0, 0.1) is 11.7 Å². The zero-order chi connectivity index (χ0) is 25.7. The Morgan fingerprint density at radius 2 is 1.86 bits per heavy atom. The van der Waals surface area contributed by atoms with E-state index in [9.17, 15) is 18.8 Å². The van der Waals surface area contributed by atoms with Crippen molar-refractivity contribution in [2.75, 3.05) is 39.2 Å². The Morgan fingerprint density at radius 3 is 2.51 bits per heavy atom. The highest BCUT2D eigenvalue weighted by Crippen LogP contribution is 2.27. The van der Waals surface area contributed by atoms with Crippen molar-refractivity contribution in [3.8, 4) is 5.75 Å². The minimum Gasteiger partial charge on any atom is -0.491 e. The van der Waals surface area contributed by atoms with Crippen LogP contribution in [0.1, 0.15) is 41.5 Å². The molecule has 9 heteroatoms. The molecule has 0 radical (unpaired) electrons. The molecule has 0 saturated carbocycles. The number of rotatable bonds is 3. The van der Waals surface area contributed by atoms with Crippen LogP contribution in [-0.4, -0.2) is 73.5 Å². The minimum atomic E-state index is -0.635. The largest absolute Gasteiger partial charge is 0.491 e. The first kappa shape index (κ1) is 26.2. The molecular weight excluding hydrogens is 453 g/mol. The molecule has 0 aliphatic carbocycles. The molecule has 0 spiro atoms. The Morgan fingerprint density at radius 1 is 1.14 bits per heavy atom. The zero-order valence-electron chi connectivity index (χ0n) is 20.7. The van der Waals surface area contributed by atoms with Crippen LogP contribution in [0.4, 0.5) is 10.1 Å². The number of ether oxygens (including phenoxy) is 2. The summed E-state index contributed by atoms with van der Waals surface area (Å²) in [6, 6.07) is 10.1. The van der Waals surface area contributed by atoms with Gasteiger partial charge in [-0.1, -0.05) is 19.1 Å². The number of methoxy groups -OCH3 is 1. The number of carbonyl (C=O) groups excluding carboxylic acids is 3. The van der Waals surface area contributed by atoms with Crippen molar-refractivity contribution in [1.82, 2.24) is 9.80 Å². The van der Waals surface area contributed by atoms with E-state index in [1.807, 2.05) is 13.8 Å². The first-order chi connectivity index (χ1) is 16.6. The van der Waals surface area contributed by atoms with Gasteiger partial charge in [0.15, 0.2) is 0 Å². The summed E-state index contributed by atoms with van der Waals surface area (Å²) in [6.45, 7) is 6.28. The maximum atomic E-state index is 14.0. The lowest BCUT2D eigenvalue weighted by atomic mass is 10.0. The van der Waals surface area contributed by atoms with Crippen LogP contribution in [0.2, 0.25) is 0 Å². The molecule has 35 heavy (non-hydrogen) atoms. The highest BCUT2D eigenvalue weighted by atomic mass is 19.1. The van der Waals surface area contributed by atoms with Gasteiger partial charge in [-0.25, -0.2) is 4.39 Å². The molecular formula is C26H32FN3O5. The van der Waals surface area contributed by atoms with Crippen LogP contribution in [0.15, 0.2) is 42.5 Å². The molecule has 3 atom stereocenters. The predicted octanol–water partition coefficient (Wildman–Crippen LogP) is 3.43. The van der Waals surface area contributed by atoms with E-state index in [1.165, 1.54) is 31.2 Å². The number of carbonyl (C=O) groups is 3. The third-order valence-electron chi connectivity index (χ3n) is 6.23. The van der Waals surface area contributed by atoms with Gasteiger partial charge in [0.1, 0.15) is 18.2 Å². The van der Waals surface area contributed by atoms with Gasteiger partial charge >= 0.3 is 0 Å². The first-order valence-corrected chi connectivity index (χ1v) is 11.5. The summed E-state index contributed by atoms with van der Waals surface area (Å²) >= 11 is 0. The van der Waals surface area contributed by atoms with E-state index < -0.39 is 11.7 Å². The fourth-order valence-corrected chi connectivity index (χ4v) is 4.13. The second-order valence-corrected chi connectivity index (χ2v) is 8.91. The van der Waals surface area contributed by atoms with Crippen LogP contribution >= 0.6 is 0 Å². The van der Waals surface area contributed by atoms with E-state index in [-0.39, 0.29) is 47.8 Å². The first-order valence-electron chi connectivity index (χ1n) is 11.5. The average molecular weight is 486 g/mol. The summed E-state index contributed by atoms with van der Waals surface area (Å²) in [5.74, 6) is -1.37. The van der Waals surface area contributed by atoms with Gasteiger partial charge in [0, 0.05) is 51.8 Å².